The van der Waals surface area contributed by atoms with Gasteiger partial charge in [0.25, 0.3) is 0 Å². The molecule has 4 fully saturated rings. The fraction of sp³-hybridized carbons (Fsp3) is 0.963. The highest BCUT2D eigenvalue weighted by Crippen LogP contribution is 2.35. The standard InChI is InChI=1S/C27H46O22/c1-6(31)23(40)46-20-10(5-30)45-27(18(39)22(20)49-25-15(36)13(34)12(33)8(3-28)43-25)47-19-9(4-29)44-26(16(37)14(19)35)48-21-11(32)7(2)42-24(41)17(21)38/h6-22,24-39,41H,3-5H2,1-2H3/t6?,7-,8+,9+,10+,11-,12+,13-,14+,15+,16+,17+,18-,19+,20+,21+,22+,24-,25-,26+,27-/m0/s1. The van der Waals surface area contributed by atoms with Crippen molar-refractivity contribution in [3.8, 4) is 0 Å². The normalized spacial score (nSPS) is 50.1. The van der Waals surface area contributed by atoms with Gasteiger partial charge in [-0.05, 0) is 13.8 Å². The van der Waals surface area contributed by atoms with Crippen LogP contribution in [0.1, 0.15) is 13.8 Å². The first-order chi connectivity index (χ1) is 23.1. The predicted molar refractivity (Wildman–Crippen MR) is 148 cm³/mol. The highest BCUT2D eigenvalue weighted by atomic mass is 16.8. The summed E-state index contributed by atoms with van der Waals surface area (Å²) in [4.78, 5) is 12.4. The number of ether oxygens (including phenoxy) is 8. The van der Waals surface area contributed by atoms with E-state index in [9.17, 15) is 71.2 Å². The molecule has 0 aliphatic carbocycles. The summed E-state index contributed by atoms with van der Waals surface area (Å²) >= 11 is 0. The maximum absolute atomic E-state index is 12.4. The molecule has 0 bridgehead atoms. The molecule has 4 rings (SSSR count). The van der Waals surface area contributed by atoms with E-state index in [0.717, 1.165) is 6.92 Å². The summed E-state index contributed by atoms with van der Waals surface area (Å²) < 4.78 is 43.5. The van der Waals surface area contributed by atoms with Gasteiger partial charge in [0.15, 0.2) is 31.3 Å². The van der Waals surface area contributed by atoms with E-state index >= 15 is 0 Å². The van der Waals surface area contributed by atoms with E-state index in [1.165, 1.54) is 6.92 Å². The van der Waals surface area contributed by atoms with Gasteiger partial charge >= 0.3 is 5.97 Å². The summed E-state index contributed by atoms with van der Waals surface area (Å²) in [5.74, 6) is -1.27. The summed E-state index contributed by atoms with van der Waals surface area (Å²) in [6, 6.07) is 0. The Labute approximate surface area is 278 Å². The topological polar surface area (TPSA) is 354 Å². The number of esters is 1. The number of hydrogen-bond acceptors (Lipinski definition) is 22. The Morgan fingerprint density at radius 2 is 1.02 bits per heavy atom. The van der Waals surface area contributed by atoms with E-state index in [-0.39, 0.29) is 0 Å². The van der Waals surface area contributed by atoms with Crippen LogP contribution < -0.4 is 0 Å². The Morgan fingerprint density at radius 1 is 0.551 bits per heavy atom. The number of rotatable bonds is 11. The molecule has 4 saturated heterocycles. The van der Waals surface area contributed by atoms with Gasteiger partial charge < -0.3 is 104 Å². The number of carbonyl (C=O) groups is 1. The van der Waals surface area contributed by atoms with Gasteiger partial charge in [0, 0.05) is 0 Å². The molecule has 22 nitrogen and oxygen atoms in total. The zero-order valence-corrected chi connectivity index (χ0v) is 26.2. The fourth-order valence-electron chi connectivity index (χ4n) is 5.83. The van der Waals surface area contributed by atoms with Gasteiger partial charge in [0.2, 0.25) is 0 Å². The van der Waals surface area contributed by atoms with Crippen LogP contribution in [0.2, 0.25) is 0 Å². The second-order valence-corrected chi connectivity index (χ2v) is 12.2. The number of aliphatic hydroxyl groups is 13. The third-order valence-corrected chi connectivity index (χ3v) is 8.73. The summed E-state index contributed by atoms with van der Waals surface area (Å²) in [6.45, 7) is -0.344. The molecule has 22 heteroatoms. The van der Waals surface area contributed by atoms with Crippen LogP contribution >= 0.6 is 0 Å². The van der Waals surface area contributed by atoms with Crippen LogP contribution in [0.3, 0.4) is 0 Å². The first-order valence-corrected chi connectivity index (χ1v) is 15.5. The Balaban J connectivity index is 1.56. The summed E-state index contributed by atoms with van der Waals surface area (Å²) in [5, 5.41) is 134. The second kappa shape index (κ2) is 17.0. The van der Waals surface area contributed by atoms with Crippen LogP contribution in [-0.2, 0) is 42.7 Å². The first-order valence-electron chi connectivity index (χ1n) is 15.5. The zero-order valence-electron chi connectivity index (χ0n) is 26.2. The molecular formula is C27H46O22. The average Bonchev–Trinajstić information content (AvgIpc) is 3.07. The Bertz CT molecular complexity index is 1040. The Hall–Kier alpha value is -1.33. The van der Waals surface area contributed by atoms with Gasteiger partial charge in [0.1, 0.15) is 91.6 Å². The van der Waals surface area contributed by atoms with Crippen LogP contribution in [0.4, 0.5) is 0 Å². The minimum Gasteiger partial charge on any atom is -0.455 e. The van der Waals surface area contributed by atoms with Crippen LogP contribution in [0, 0.1) is 0 Å². The molecule has 49 heavy (non-hydrogen) atoms. The minimum atomic E-state index is -2.12. The lowest BCUT2D eigenvalue weighted by molar-refractivity contribution is -0.388. The van der Waals surface area contributed by atoms with Crippen LogP contribution in [-0.4, -0.2) is 221 Å². The summed E-state index contributed by atoms with van der Waals surface area (Å²) in [5.41, 5.74) is 0. The average molecular weight is 723 g/mol. The molecular weight excluding hydrogens is 676 g/mol. The van der Waals surface area contributed by atoms with Crippen molar-refractivity contribution in [3.05, 3.63) is 0 Å². The molecule has 0 aromatic heterocycles. The highest BCUT2D eigenvalue weighted by molar-refractivity contribution is 5.74. The fourth-order valence-corrected chi connectivity index (χ4v) is 5.83. The van der Waals surface area contributed by atoms with E-state index in [1.807, 2.05) is 0 Å². The van der Waals surface area contributed by atoms with Crippen molar-refractivity contribution < 1.29 is 109 Å². The lowest BCUT2D eigenvalue weighted by atomic mass is 9.95. The SMILES string of the molecule is CC(O)C(=O)O[C@H]1[C@H](O[C@@H]2O[C@H](CO)[C@@H](O)[C@H](O)[C@H]2O)[C@H](O)[C@H](O[C@H]2[C@H](O)[C@@H](O)[C@@H](O[C@@H]3[C@@H](O)[C@H](C)O[C@H](O)[C@@H]3O)O[C@@H]2CO)O[C@@H]1CO. The highest BCUT2D eigenvalue weighted by Gasteiger charge is 2.56. The van der Waals surface area contributed by atoms with E-state index in [0.29, 0.717) is 0 Å². The monoisotopic (exact) mass is 722 g/mol. The number of aliphatic hydroxyl groups excluding tert-OH is 13. The van der Waals surface area contributed by atoms with Crippen molar-refractivity contribution in [2.75, 3.05) is 19.8 Å². The van der Waals surface area contributed by atoms with Crippen molar-refractivity contribution >= 4 is 5.97 Å². The van der Waals surface area contributed by atoms with Gasteiger partial charge in [-0.2, -0.15) is 0 Å². The molecule has 0 saturated carbocycles. The summed E-state index contributed by atoms with van der Waals surface area (Å²) in [6.07, 6.45) is -37.3. The van der Waals surface area contributed by atoms with Gasteiger partial charge in [0.05, 0.1) is 25.9 Å². The third-order valence-electron chi connectivity index (χ3n) is 8.73. The Morgan fingerprint density at radius 3 is 1.57 bits per heavy atom. The molecule has 0 aromatic carbocycles. The number of carbonyl (C=O) groups excluding carboxylic acids is 1. The van der Waals surface area contributed by atoms with E-state index in [4.69, 9.17) is 37.9 Å². The van der Waals surface area contributed by atoms with Crippen molar-refractivity contribution in [2.24, 2.45) is 0 Å². The van der Waals surface area contributed by atoms with Gasteiger partial charge in [-0.15, -0.1) is 0 Å². The molecule has 0 radical (unpaired) electrons. The van der Waals surface area contributed by atoms with E-state index < -0.39 is 155 Å². The maximum Gasteiger partial charge on any atom is 0.335 e. The summed E-state index contributed by atoms with van der Waals surface area (Å²) in [7, 11) is 0. The van der Waals surface area contributed by atoms with E-state index in [1.54, 1.807) is 0 Å². The first kappa shape index (κ1) is 40.4. The molecule has 13 N–H and O–H groups in total. The molecule has 4 heterocycles. The zero-order chi connectivity index (χ0) is 36.5. The van der Waals surface area contributed by atoms with Crippen molar-refractivity contribution in [2.45, 2.75) is 143 Å². The van der Waals surface area contributed by atoms with Crippen LogP contribution in [0.15, 0.2) is 0 Å². The largest absolute Gasteiger partial charge is 0.455 e. The minimum absolute atomic E-state index is 0.853. The maximum atomic E-state index is 12.4. The molecule has 1 unspecified atom stereocenters. The second-order valence-electron chi connectivity index (χ2n) is 12.2. The Kier molecular flexibility index (Phi) is 14.0. The van der Waals surface area contributed by atoms with E-state index in [2.05, 4.69) is 0 Å². The lowest BCUT2D eigenvalue weighted by Gasteiger charge is -2.49. The van der Waals surface area contributed by atoms with Crippen LogP contribution in [0.5, 0.6) is 0 Å². The molecule has 0 spiro atoms. The molecule has 4 aliphatic heterocycles. The van der Waals surface area contributed by atoms with Gasteiger partial charge in [-0.3, -0.25) is 0 Å². The van der Waals surface area contributed by atoms with Crippen molar-refractivity contribution in [1.82, 2.24) is 0 Å². The molecule has 4 aliphatic rings. The van der Waals surface area contributed by atoms with Crippen molar-refractivity contribution in [3.63, 3.8) is 0 Å². The third kappa shape index (κ3) is 8.50. The molecule has 286 valence electrons. The lowest BCUT2D eigenvalue weighted by Crippen LogP contribution is -2.68. The quantitative estimate of drug-likeness (QED) is 0.0880. The van der Waals surface area contributed by atoms with Gasteiger partial charge in [-0.1, -0.05) is 0 Å². The predicted octanol–water partition coefficient (Wildman–Crippen LogP) is -8.79. The smallest absolute Gasteiger partial charge is 0.335 e. The molecule has 0 aromatic rings. The molecule has 21 atom stereocenters. The number of hydrogen-bond donors (Lipinski definition) is 13. The van der Waals surface area contributed by atoms with Gasteiger partial charge in [-0.25, -0.2) is 4.79 Å². The van der Waals surface area contributed by atoms with Crippen LogP contribution in [0.25, 0.3) is 0 Å². The van der Waals surface area contributed by atoms with Crippen molar-refractivity contribution in [1.29, 1.82) is 0 Å². The molecule has 0 amide bonds.